The predicted molar refractivity (Wildman–Crippen MR) is 93.1 cm³/mol. The van der Waals surface area contributed by atoms with Crippen molar-refractivity contribution in [2.45, 2.75) is 26.0 Å². The summed E-state index contributed by atoms with van der Waals surface area (Å²) in [4.78, 5) is 35.0. The van der Waals surface area contributed by atoms with Gasteiger partial charge in [0.25, 0.3) is 0 Å². The van der Waals surface area contributed by atoms with Crippen LogP contribution in [0.25, 0.3) is 0 Å². The molecule has 0 aromatic heterocycles. The fourth-order valence-corrected chi connectivity index (χ4v) is 2.78. The first kappa shape index (κ1) is 17.7. The minimum absolute atomic E-state index is 0.171. The molecule has 6 heteroatoms. The Kier molecular flexibility index (Phi) is 5.31. The zero-order valence-electron chi connectivity index (χ0n) is 14.3. The molecule has 134 valence electrons. The van der Waals surface area contributed by atoms with E-state index in [1.165, 1.54) is 6.92 Å². The van der Waals surface area contributed by atoms with E-state index in [-0.39, 0.29) is 12.5 Å². The fourth-order valence-electron chi connectivity index (χ4n) is 2.78. The van der Waals surface area contributed by atoms with Gasteiger partial charge in [0.1, 0.15) is 18.4 Å². The molecule has 1 saturated heterocycles. The van der Waals surface area contributed by atoms with E-state index in [9.17, 15) is 14.4 Å². The van der Waals surface area contributed by atoms with Gasteiger partial charge in [0.15, 0.2) is 0 Å². The number of β-lactam (4-membered cyclic amide) rings is 1. The highest BCUT2D eigenvalue weighted by molar-refractivity contribution is 5.97. The maximum Gasteiger partial charge on any atom is 0.329 e. The second-order valence-electron chi connectivity index (χ2n) is 6.13. The summed E-state index contributed by atoms with van der Waals surface area (Å²) in [5, 5.41) is 2.60. The smallest absolute Gasteiger partial charge is 0.329 e. The Morgan fingerprint density at radius 1 is 1.00 bits per heavy atom. The van der Waals surface area contributed by atoms with Gasteiger partial charge < -0.3 is 14.8 Å². The highest BCUT2D eigenvalue weighted by Crippen LogP contribution is 2.23. The van der Waals surface area contributed by atoms with E-state index < -0.39 is 23.9 Å². The second kappa shape index (κ2) is 7.82. The Morgan fingerprint density at radius 3 is 2.31 bits per heavy atom. The molecule has 26 heavy (non-hydrogen) atoms. The molecule has 2 aromatic carbocycles. The zero-order chi connectivity index (χ0) is 18.5. The second-order valence-corrected chi connectivity index (χ2v) is 6.13. The largest absolute Gasteiger partial charge is 0.459 e. The summed E-state index contributed by atoms with van der Waals surface area (Å²) in [6, 6.07) is 15.6. The highest BCUT2D eigenvalue weighted by Gasteiger charge is 2.44. The lowest BCUT2D eigenvalue weighted by atomic mass is 9.85. The van der Waals surface area contributed by atoms with Crippen LogP contribution in [-0.4, -0.2) is 23.9 Å². The molecule has 2 aromatic rings. The minimum atomic E-state index is -0.639. The van der Waals surface area contributed by atoms with Crippen molar-refractivity contribution in [2.75, 3.05) is 0 Å². The minimum Gasteiger partial charge on any atom is -0.459 e. The molecule has 0 radical (unpaired) electrons. The Morgan fingerprint density at radius 2 is 1.69 bits per heavy atom. The molecule has 1 aliphatic heterocycles. The lowest BCUT2D eigenvalue weighted by Crippen LogP contribution is -2.63. The van der Waals surface area contributed by atoms with Crippen LogP contribution in [-0.2, 0) is 32.1 Å². The molecular formula is C20H19NO5. The number of ether oxygens (including phenoxy) is 2. The van der Waals surface area contributed by atoms with Crippen LogP contribution in [0.4, 0.5) is 0 Å². The van der Waals surface area contributed by atoms with Gasteiger partial charge in [-0.25, -0.2) is 4.79 Å². The number of carbonyl (C=O) groups excluding carboxylic acids is 3. The van der Waals surface area contributed by atoms with Crippen LogP contribution in [0, 0.1) is 5.92 Å². The summed E-state index contributed by atoms with van der Waals surface area (Å²) < 4.78 is 10.3. The molecule has 0 bridgehead atoms. The normalized spacial score (nSPS) is 18.4. The average molecular weight is 353 g/mol. The maximum absolute atomic E-state index is 12.2. The molecule has 3 rings (SSSR count). The number of benzene rings is 2. The number of rotatable bonds is 6. The summed E-state index contributed by atoms with van der Waals surface area (Å²) in [7, 11) is 0. The van der Waals surface area contributed by atoms with Gasteiger partial charge in [-0.05, 0) is 29.7 Å². The quantitative estimate of drug-likeness (QED) is 0.488. The number of carbonyl (C=O) groups is 3. The van der Waals surface area contributed by atoms with Gasteiger partial charge in [-0.15, -0.1) is 0 Å². The summed E-state index contributed by atoms with van der Waals surface area (Å²) in [5.41, 5.74) is 1.77. The molecule has 1 N–H and O–H groups in total. The molecule has 0 saturated carbocycles. The highest BCUT2D eigenvalue weighted by atomic mass is 16.5. The number of hydrogen-bond donors (Lipinski definition) is 1. The van der Waals surface area contributed by atoms with Gasteiger partial charge in [-0.2, -0.15) is 0 Å². The standard InChI is InChI=1S/C20H19NO5/c1-13(22)26-16-9-7-14(8-10-16)11-17-18(21-19(17)23)20(24)25-12-15-5-3-2-4-6-15/h2-10,17-18H,11-12H2,1H3,(H,21,23)/t17-,18-/m0/s1. The molecule has 1 heterocycles. The third-order valence-corrected chi connectivity index (χ3v) is 4.16. The number of hydrogen-bond acceptors (Lipinski definition) is 5. The van der Waals surface area contributed by atoms with Crippen LogP contribution in [0.2, 0.25) is 0 Å². The summed E-state index contributed by atoms with van der Waals surface area (Å²) in [6.45, 7) is 1.51. The van der Waals surface area contributed by atoms with Gasteiger partial charge in [0, 0.05) is 6.92 Å². The molecule has 1 aliphatic rings. The lowest BCUT2D eigenvalue weighted by molar-refractivity contribution is -0.158. The Bertz CT molecular complexity index is 801. The molecule has 0 aliphatic carbocycles. The van der Waals surface area contributed by atoms with E-state index in [0.29, 0.717) is 12.2 Å². The van der Waals surface area contributed by atoms with Crippen LogP contribution in [0.3, 0.4) is 0 Å². The lowest BCUT2D eigenvalue weighted by Gasteiger charge is -2.34. The van der Waals surface area contributed by atoms with Crippen LogP contribution in [0.15, 0.2) is 54.6 Å². The molecule has 1 fully saturated rings. The zero-order valence-corrected chi connectivity index (χ0v) is 14.3. The van der Waals surface area contributed by atoms with E-state index in [0.717, 1.165) is 11.1 Å². The third kappa shape index (κ3) is 4.27. The van der Waals surface area contributed by atoms with Gasteiger partial charge in [0.2, 0.25) is 5.91 Å². The summed E-state index contributed by atoms with van der Waals surface area (Å²) in [5.74, 6) is -1.01. The van der Waals surface area contributed by atoms with Crippen molar-refractivity contribution in [3.8, 4) is 5.75 Å². The van der Waals surface area contributed by atoms with E-state index >= 15 is 0 Å². The fraction of sp³-hybridized carbons (Fsp3) is 0.250. The van der Waals surface area contributed by atoms with E-state index in [4.69, 9.17) is 9.47 Å². The van der Waals surface area contributed by atoms with E-state index in [2.05, 4.69) is 5.32 Å². The first-order valence-corrected chi connectivity index (χ1v) is 8.31. The summed E-state index contributed by atoms with van der Waals surface area (Å²) in [6.07, 6.45) is 0.414. The number of amides is 1. The van der Waals surface area contributed by atoms with Crippen LogP contribution in [0.1, 0.15) is 18.1 Å². The Balaban J connectivity index is 1.56. The molecule has 0 unspecified atom stereocenters. The SMILES string of the molecule is CC(=O)Oc1ccc(C[C@@H]2C(=O)N[C@@H]2C(=O)OCc2ccccc2)cc1. The molecule has 0 spiro atoms. The average Bonchev–Trinajstić information content (AvgIpc) is 2.64. The van der Waals surface area contributed by atoms with Crippen molar-refractivity contribution in [1.82, 2.24) is 5.32 Å². The first-order chi connectivity index (χ1) is 12.5. The van der Waals surface area contributed by atoms with Crippen LogP contribution >= 0.6 is 0 Å². The summed E-state index contributed by atoms with van der Waals surface area (Å²) >= 11 is 0. The Labute approximate surface area is 151 Å². The monoisotopic (exact) mass is 353 g/mol. The number of nitrogens with one attached hydrogen (secondary N) is 1. The van der Waals surface area contributed by atoms with Gasteiger partial charge >= 0.3 is 11.9 Å². The van der Waals surface area contributed by atoms with Crippen molar-refractivity contribution in [1.29, 1.82) is 0 Å². The molecular weight excluding hydrogens is 334 g/mol. The molecule has 2 atom stereocenters. The van der Waals surface area contributed by atoms with Gasteiger partial charge in [-0.1, -0.05) is 42.5 Å². The topological polar surface area (TPSA) is 81.7 Å². The number of esters is 2. The Hall–Kier alpha value is -3.15. The van der Waals surface area contributed by atoms with E-state index in [1.54, 1.807) is 24.3 Å². The van der Waals surface area contributed by atoms with Crippen molar-refractivity contribution in [3.63, 3.8) is 0 Å². The maximum atomic E-state index is 12.2. The van der Waals surface area contributed by atoms with Crippen molar-refractivity contribution >= 4 is 17.8 Å². The van der Waals surface area contributed by atoms with Gasteiger partial charge in [-0.3, -0.25) is 9.59 Å². The molecule has 1 amide bonds. The first-order valence-electron chi connectivity index (χ1n) is 8.31. The molecule has 6 nitrogen and oxygen atoms in total. The van der Waals surface area contributed by atoms with Gasteiger partial charge in [0.05, 0.1) is 5.92 Å². The predicted octanol–water partition coefficient (Wildman–Crippen LogP) is 2.01. The van der Waals surface area contributed by atoms with Crippen LogP contribution < -0.4 is 10.1 Å². The van der Waals surface area contributed by atoms with Crippen molar-refractivity contribution in [3.05, 3.63) is 65.7 Å². The van der Waals surface area contributed by atoms with E-state index in [1.807, 2.05) is 30.3 Å². The van der Waals surface area contributed by atoms with Crippen molar-refractivity contribution in [2.24, 2.45) is 5.92 Å². The van der Waals surface area contributed by atoms with Crippen molar-refractivity contribution < 1.29 is 23.9 Å². The third-order valence-electron chi connectivity index (χ3n) is 4.16. The van der Waals surface area contributed by atoms with Crippen LogP contribution in [0.5, 0.6) is 5.75 Å².